The van der Waals surface area contributed by atoms with Crippen LogP contribution >= 0.6 is 0 Å². The Kier molecular flexibility index (Phi) is 4.67. The van der Waals surface area contributed by atoms with Crippen LogP contribution in [0.5, 0.6) is 5.75 Å². The van der Waals surface area contributed by atoms with E-state index in [1.807, 2.05) is 0 Å². The minimum atomic E-state index is -1.14. The molecule has 1 aromatic carbocycles. The van der Waals surface area contributed by atoms with Crippen molar-refractivity contribution in [3.8, 4) is 5.75 Å². The fraction of sp³-hybridized carbons (Fsp3) is 0.333. The molecule has 6 heteroatoms. The predicted molar refractivity (Wildman–Crippen MR) is 64.0 cm³/mol. The van der Waals surface area contributed by atoms with Gasteiger partial charge in [-0.1, -0.05) is 0 Å². The summed E-state index contributed by atoms with van der Waals surface area (Å²) in [5.41, 5.74) is 0.142. The smallest absolute Gasteiger partial charge is 0.335 e. The van der Waals surface area contributed by atoms with Crippen LogP contribution in [0.25, 0.3) is 0 Å². The molecule has 0 saturated heterocycles. The highest BCUT2D eigenvalue weighted by Crippen LogP contribution is 2.17. The number of rotatable bonds is 5. The number of carbonyl (C=O) groups is 2. The lowest BCUT2D eigenvalue weighted by Crippen LogP contribution is -2.35. The maximum atomic E-state index is 11.8. The molecule has 0 heterocycles. The SMILES string of the molecule is COc1cc(C(=O)O)cc(C(=O)N[C@@H](C)CO)c1. The van der Waals surface area contributed by atoms with Crippen molar-refractivity contribution in [3.63, 3.8) is 0 Å². The second-order valence-corrected chi connectivity index (χ2v) is 3.81. The normalized spacial score (nSPS) is 11.7. The second kappa shape index (κ2) is 6.02. The van der Waals surface area contributed by atoms with Gasteiger partial charge in [-0.25, -0.2) is 4.79 Å². The Morgan fingerprint density at radius 3 is 2.44 bits per heavy atom. The molecule has 0 aliphatic carbocycles. The van der Waals surface area contributed by atoms with Gasteiger partial charge in [0, 0.05) is 11.6 Å². The number of nitrogens with one attached hydrogen (secondary N) is 1. The predicted octanol–water partition coefficient (Wildman–Crippen LogP) is 0.504. The molecule has 0 bridgehead atoms. The molecule has 1 amide bonds. The minimum Gasteiger partial charge on any atom is -0.497 e. The summed E-state index contributed by atoms with van der Waals surface area (Å²) in [5.74, 6) is -1.31. The zero-order valence-corrected chi connectivity index (χ0v) is 10.1. The molecular formula is C12H15NO5. The molecule has 0 aliphatic rings. The lowest BCUT2D eigenvalue weighted by molar-refractivity contribution is 0.0696. The number of ether oxygens (including phenoxy) is 1. The van der Waals surface area contributed by atoms with Crippen molar-refractivity contribution in [1.82, 2.24) is 5.32 Å². The van der Waals surface area contributed by atoms with Gasteiger partial charge in [-0.2, -0.15) is 0 Å². The molecule has 6 nitrogen and oxygen atoms in total. The van der Waals surface area contributed by atoms with Crippen molar-refractivity contribution >= 4 is 11.9 Å². The van der Waals surface area contributed by atoms with Crippen molar-refractivity contribution in [2.24, 2.45) is 0 Å². The third-order valence-corrected chi connectivity index (χ3v) is 2.30. The van der Waals surface area contributed by atoms with Crippen molar-refractivity contribution in [1.29, 1.82) is 0 Å². The molecule has 98 valence electrons. The minimum absolute atomic E-state index is 0.0313. The number of amides is 1. The first-order valence-corrected chi connectivity index (χ1v) is 5.32. The van der Waals surface area contributed by atoms with Crippen LogP contribution in [0.15, 0.2) is 18.2 Å². The van der Waals surface area contributed by atoms with Gasteiger partial charge in [0.2, 0.25) is 0 Å². The number of aliphatic hydroxyl groups is 1. The van der Waals surface area contributed by atoms with E-state index in [2.05, 4.69) is 5.32 Å². The molecule has 1 aromatic rings. The number of hydrogen-bond donors (Lipinski definition) is 3. The standard InChI is InChI=1S/C12H15NO5/c1-7(6-14)13-11(15)8-3-9(12(16)17)5-10(4-8)18-2/h3-5,7,14H,6H2,1-2H3,(H,13,15)(H,16,17)/t7-/m0/s1. The number of aromatic carboxylic acids is 1. The van der Waals surface area contributed by atoms with Gasteiger partial charge >= 0.3 is 5.97 Å². The molecular weight excluding hydrogens is 238 g/mol. The lowest BCUT2D eigenvalue weighted by Gasteiger charge is -2.12. The summed E-state index contributed by atoms with van der Waals surface area (Å²) in [4.78, 5) is 22.7. The summed E-state index contributed by atoms with van der Waals surface area (Å²) in [6.45, 7) is 1.44. The van der Waals surface area contributed by atoms with Crippen LogP contribution < -0.4 is 10.1 Å². The molecule has 0 radical (unpaired) electrons. The van der Waals surface area contributed by atoms with E-state index in [1.54, 1.807) is 6.92 Å². The molecule has 18 heavy (non-hydrogen) atoms. The van der Waals surface area contributed by atoms with Crippen molar-refractivity contribution in [3.05, 3.63) is 29.3 Å². The van der Waals surface area contributed by atoms with Gasteiger partial charge in [-0.3, -0.25) is 4.79 Å². The van der Waals surface area contributed by atoms with Crippen LogP contribution in [0.1, 0.15) is 27.6 Å². The number of benzene rings is 1. The van der Waals surface area contributed by atoms with Crippen LogP contribution in [0.3, 0.4) is 0 Å². The Hall–Kier alpha value is -2.08. The zero-order valence-electron chi connectivity index (χ0n) is 10.1. The van der Waals surface area contributed by atoms with Gasteiger partial charge < -0.3 is 20.3 Å². The van der Waals surface area contributed by atoms with Gasteiger partial charge in [0.15, 0.2) is 0 Å². The fourth-order valence-electron chi connectivity index (χ4n) is 1.32. The van der Waals surface area contributed by atoms with Crippen LogP contribution in [-0.4, -0.2) is 41.8 Å². The monoisotopic (exact) mass is 253 g/mol. The molecule has 1 rings (SSSR count). The average Bonchev–Trinajstić information content (AvgIpc) is 2.37. The molecule has 1 atom stereocenters. The Morgan fingerprint density at radius 1 is 1.33 bits per heavy atom. The lowest BCUT2D eigenvalue weighted by atomic mass is 10.1. The van der Waals surface area contributed by atoms with Gasteiger partial charge in [0.25, 0.3) is 5.91 Å². The van der Waals surface area contributed by atoms with E-state index >= 15 is 0 Å². The average molecular weight is 253 g/mol. The molecule has 0 fully saturated rings. The van der Waals surface area contributed by atoms with Crippen molar-refractivity contribution < 1.29 is 24.5 Å². The maximum absolute atomic E-state index is 11.8. The zero-order chi connectivity index (χ0) is 13.7. The fourth-order valence-corrected chi connectivity index (χ4v) is 1.32. The summed E-state index contributed by atoms with van der Waals surface area (Å²) in [5, 5.41) is 20.3. The molecule has 0 aromatic heterocycles. The van der Waals surface area contributed by atoms with Crippen molar-refractivity contribution in [2.45, 2.75) is 13.0 Å². The highest BCUT2D eigenvalue weighted by molar-refractivity contribution is 5.98. The van der Waals surface area contributed by atoms with Crippen molar-refractivity contribution in [2.75, 3.05) is 13.7 Å². The van der Waals surface area contributed by atoms with E-state index in [9.17, 15) is 9.59 Å². The number of hydrogen-bond acceptors (Lipinski definition) is 4. The highest BCUT2D eigenvalue weighted by Gasteiger charge is 2.14. The Bertz CT molecular complexity index is 458. The first-order valence-electron chi connectivity index (χ1n) is 5.32. The Morgan fingerprint density at radius 2 is 1.94 bits per heavy atom. The van der Waals surface area contributed by atoms with Gasteiger partial charge in [-0.15, -0.1) is 0 Å². The van der Waals surface area contributed by atoms with Gasteiger partial charge in [0.05, 0.1) is 19.3 Å². The number of aliphatic hydroxyl groups excluding tert-OH is 1. The molecule has 3 N–H and O–H groups in total. The molecule has 0 saturated carbocycles. The first kappa shape index (κ1) is 14.0. The van der Waals surface area contributed by atoms with E-state index in [1.165, 1.54) is 25.3 Å². The van der Waals surface area contributed by atoms with Gasteiger partial charge in [-0.05, 0) is 25.1 Å². The molecule has 0 aliphatic heterocycles. The second-order valence-electron chi connectivity index (χ2n) is 3.81. The maximum Gasteiger partial charge on any atom is 0.335 e. The quantitative estimate of drug-likeness (QED) is 0.710. The Labute approximate surface area is 104 Å². The third-order valence-electron chi connectivity index (χ3n) is 2.30. The summed E-state index contributed by atoms with van der Waals surface area (Å²) < 4.78 is 4.93. The third kappa shape index (κ3) is 3.46. The van der Waals surface area contributed by atoms with Gasteiger partial charge in [0.1, 0.15) is 5.75 Å². The summed E-state index contributed by atoms with van der Waals surface area (Å²) in [7, 11) is 1.39. The number of methoxy groups -OCH3 is 1. The number of carbonyl (C=O) groups excluding carboxylic acids is 1. The van der Waals surface area contributed by atoms with E-state index in [4.69, 9.17) is 14.9 Å². The highest BCUT2D eigenvalue weighted by atomic mass is 16.5. The number of carboxylic acid groups (broad SMARTS) is 1. The van der Waals surface area contributed by atoms with Crippen LogP contribution in [-0.2, 0) is 0 Å². The number of carboxylic acids is 1. The van der Waals surface area contributed by atoms with Crippen LogP contribution in [0.4, 0.5) is 0 Å². The van der Waals surface area contributed by atoms with E-state index < -0.39 is 17.9 Å². The summed E-state index contributed by atoms with van der Waals surface area (Å²) in [6.07, 6.45) is 0. The molecule has 0 spiro atoms. The largest absolute Gasteiger partial charge is 0.497 e. The van der Waals surface area contributed by atoms with E-state index in [0.29, 0.717) is 0 Å². The Balaban J connectivity index is 3.04. The molecule has 0 unspecified atom stereocenters. The van der Waals surface area contributed by atoms with Crippen LogP contribution in [0, 0.1) is 0 Å². The first-order chi connectivity index (χ1) is 8.47. The summed E-state index contributed by atoms with van der Waals surface area (Å²) >= 11 is 0. The summed E-state index contributed by atoms with van der Waals surface area (Å²) in [6, 6.07) is 3.61. The topological polar surface area (TPSA) is 95.9 Å². The van der Waals surface area contributed by atoms with E-state index in [0.717, 1.165) is 0 Å². The van der Waals surface area contributed by atoms with E-state index in [-0.39, 0.29) is 23.5 Å². The van der Waals surface area contributed by atoms with Crippen LogP contribution in [0.2, 0.25) is 0 Å².